The third-order valence-corrected chi connectivity index (χ3v) is 6.70. The molecular weight excluding hydrogens is 558 g/mol. The highest BCUT2D eigenvalue weighted by atomic mass is 19.2. The smallest absolute Gasteiger partial charge is 0.329 e. The molecule has 16 heteroatoms. The van der Waals surface area contributed by atoms with Crippen LogP contribution in [-0.2, 0) is 25.5 Å². The molecule has 12 nitrogen and oxygen atoms in total. The molecule has 0 aromatic carbocycles. The van der Waals surface area contributed by atoms with E-state index in [9.17, 15) is 47.0 Å². The summed E-state index contributed by atoms with van der Waals surface area (Å²) in [5.74, 6) is -12.7. The minimum Gasteiger partial charge on any atom is -0.505 e. The van der Waals surface area contributed by atoms with Crippen LogP contribution in [0, 0.1) is 29.4 Å². The van der Waals surface area contributed by atoms with Gasteiger partial charge in [-0.1, -0.05) is 0 Å². The SMILES string of the molecule is CC1OC(=O)C(C2CC2)NC(=O)CC(O)C(Cc2c(F)nc(F)c(F)c2F)NC(=O)C1NC(=O)c1ncccc1O. The molecule has 220 valence electrons. The van der Waals surface area contributed by atoms with Gasteiger partial charge in [-0.2, -0.15) is 18.2 Å². The first-order valence-corrected chi connectivity index (χ1v) is 12.5. The van der Waals surface area contributed by atoms with Crippen LogP contribution in [0.5, 0.6) is 5.75 Å². The summed E-state index contributed by atoms with van der Waals surface area (Å²) in [6.07, 6.45) is -2.74. The number of carbonyl (C=O) groups excluding carboxylic acids is 4. The number of aliphatic hydroxyl groups is 1. The maximum atomic E-state index is 14.4. The molecule has 1 aliphatic carbocycles. The van der Waals surface area contributed by atoms with Crippen molar-refractivity contribution in [1.82, 2.24) is 25.9 Å². The zero-order valence-electron chi connectivity index (χ0n) is 21.4. The van der Waals surface area contributed by atoms with Gasteiger partial charge in [0.2, 0.25) is 23.6 Å². The number of aromatic nitrogens is 2. The molecule has 0 spiro atoms. The Bertz CT molecular complexity index is 1380. The average Bonchev–Trinajstić information content (AvgIpc) is 3.75. The summed E-state index contributed by atoms with van der Waals surface area (Å²) in [6, 6.07) is -2.10. The van der Waals surface area contributed by atoms with Crippen LogP contribution in [-0.4, -0.2) is 74.2 Å². The zero-order chi connectivity index (χ0) is 30.0. The van der Waals surface area contributed by atoms with Gasteiger partial charge in [0.25, 0.3) is 11.9 Å². The number of nitrogens with one attached hydrogen (secondary N) is 3. The summed E-state index contributed by atoms with van der Waals surface area (Å²) in [4.78, 5) is 58.2. The number of ether oxygens (including phenoxy) is 1. The quantitative estimate of drug-likeness (QED) is 0.186. The largest absolute Gasteiger partial charge is 0.505 e. The van der Waals surface area contributed by atoms with Gasteiger partial charge >= 0.3 is 5.97 Å². The van der Waals surface area contributed by atoms with Crippen LogP contribution in [0.15, 0.2) is 18.3 Å². The van der Waals surface area contributed by atoms with Gasteiger partial charge in [-0.05, 0) is 37.8 Å². The molecule has 41 heavy (non-hydrogen) atoms. The molecule has 2 aromatic heterocycles. The van der Waals surface area contributed by atoms with E-state index in [1.807, 2.05) is 0 Å². The van der Waals surface area contributed by atoms with Crippen molar-refractivity contribution in [3.63, 3.8) is 0 Å². The Kier molecular flexibility index (Phi) is 8.70. The first kappa shape index (κ1) is 29.6. The van der Waals surface area contributed by atoms with Gasteiger partial charge in [0.1, 0.15) is 23.9 Å². The highest BCUT2D eigenvalue weighted by Gasteiger charge is 2.42. The molecule has 1 saturated carbocycles. The van der Waals surface area contributed by atoms with Gasteiger partial charge in [-0.15, -0.1) is 0 Å². The van der Waals surface area contributed by atoms with Crippen molar-refractivity contribution < 1.29 is 51.7 Å². The molecule has 0 bridgehead atoms. The highest BCUT2D eigenvalue weighted by molar-refractivity contribution is 5.98. The second kappa shape index (κ2) is 12.0. The highest BCUT2D eigenvalue weighted by Crippen LogP contribution is 2.33. The van der Waals surface area contributed by atoms with Crippen molar-refractivity contribution >= 4 is 23.7 Å². The lowest BCUT2D eigenvalue weighted by Gasteiger charge is -2.31. The van der Waals surface area contributed by atoms with Crippen LogP contribution < -0.4 is 16.0 Å². The molecule has 2 aliphatic rings. The van der Waals surface area contributed by atoms with E-state index in [-0.39, 0.29) is 5.92 Å². The van der Waals surface area contributed by atoms with Gasteiger partial charge in [0.15, 0.2) is 11.5 Å². The lowest BCUT2D eigenvalue weighted by molar-refractivity contribution is -0.156. The predicted octanol–water partition coefficient (Wildman–Crippen LogP) is 0.156. The Morgan fingerprint density at radius 3 is 2.49 bits per heavy atom. The maximum Gasteiger partial charge on any atom is 0.329 e. The van der Waals surface area contributed by atoms with Gasteiger partial charge in [0, 0.05) is 18.2 Å². The zero-order valence-corrected chi connectivity index (χ0v) is 21.4. The number of cyclic esters (lactones) is 1. The first-order valence-electron chi connectivity index (χ1n) is 12.5. The topological polar surface area (TPSA) is 180 Å². The van der Waals surface area contributed by atoms with Crippen molar-refractivity contribution in [3.8, 4) is 5.75 Å². The van der Waals surface area contributed by atoms with Crippen LogP contribution in [0.3, 0.4) is 0 Å². The average molecular weight is 583 g/mol. The van der Waals surface area contributed by atoms with Gasteiger partial charge in [-0.3, -0.25) is 14.4 Å². The number of esters is 1. The van der Waals surface area contributed by atoms with E-state index in [4.69, 9.17) is 4.74 Å². The molecule has 3 heterocycles. The molecule has 2 aromatic rings. The number of aromatic hydroxyl groups is 1. The lowest BCUT2D eigenvalue weighted by atomic mass is 9.97. The van der Waals surface area contributed by atoms with Crippen molar-refractivity contribution in [3.05, 3.63) is 53.1 Å². The Morgan fingerprint density at radius 1 is 1.12 bits per heavy atom. The molecule has 5 N–H and O–H groups in total. The van der Waals surface area contributed by atoms with E-state index < -0.39 is 107 Å². The first-order chi connectivity index (χ1) is 19.4. The number of amides is 3. The minimum absolute atomic E-state index is 0.293. The van der Waals surface area contributed by atoms with E-state index in [1.165, 1.54) is 19.2 Å². The molecule has 0 radical (unpaired) electrons. The number of hydrogen-bond donors (Lipinski definition) is 5. The molecule has 5 atom stereocenters. The summed E-state index contributed by atoms with van der Waals surface area (Å²) in [7, 11) is 0. The summed E-state index contributed by atoms with van der Waals surface area (Å²) in [6.45, 7) is 1.24. The third-order valence-electron chi connectivity index (χ3n) is 6.70. The van der Waals surface area contributed by atoms with Gasteiger partial charge in [-0.25, -0.2) is 14.2 Å². The third kappa shape index (κ3) is 6.70. The molecule has 4 rings (SSSR count). The van der Waals surface area contributed by atoms with E-state index in [0.29, 0.717) is 12.8 Å². The Labute approximate surface area is 229 Å². The van der Waals surface area contributed by atoms with Crippen molar-refractivity contribution in [2.45, 2.75) is 62.9 Å². The molecule has 2 fully saturated rings. The van der Waals surface area contributed by atoms with E-state index >= 15 is 0 Å². The Balaban J connectivity index is 1.69. The summed E-state index contributed by atoms with van der Waals surface area (Å²) in [5.41, 5.74) is -1.61. The second-order valence-corrected chi connectivity index (χ2v) is 9.74. The number of nitrogens with zero attached hydrogens (tertiary/aromatic N) is 2. The number of hydrogen-bond acceptors (Lipinski definition) is 9. The minimum atomic E-state index is -2.10. The van der Waals surface area contributed by atoms with E-state index in [2.05, 4.69) is 25.9 Å². The molecular formula is C25H25F4N5O7. The van der Waals surface area contributed by atoms with E-state index in [0.717, 1.165) is 6.07 Å². The normalized spacial score (nSPS) is 25.7. The van der Waals surface area contributed by atoms with Crippen LogP contribution in [0.2, 0.25) is 0 Å². The fraction of sp³-hybridized carbons (Fsp3) is 0.440. The van der Waals surface area contributed by atoms with Crippen molar-refractivity contribution in [2.75, 3.05) is 0 Å². The van der Waals surface area contributed by atoms with E-state index in [1.54, 1.807) is 0 Å². The molecule has 1 saturated heterocycles. The van der Waals surface area contributed by atoms with Gasteiger partial charge < -0.3 is 30.9 Å². The Hall–Kier alpha value is -4.34. The summed E-state index contributed by atoms with van der Waals surface area (Å²) >= 11 is 0. The number of halogens is 4. The number of aliphatic hydroxyl groups excluding tert-OH is 1. The standard InChI is InChI=1S/C25H25F4N5O7/c1-9-18(33-24(39)20-13(35)3-2-6-30-20)23(38)31-12(7-11-16(26)17(27)22(29)34-21(11)28)14(36)8-15(37)32-19(10-4-5-10)25(40)41-9/h2-3,6,9-10,12,14,18-19,35-36H,4-5,7-8H2,1H3,(H,31,38)(H,32,37)(H,33,39). The van der Waals surface area contributed by atoms with Crippen molar-refractivity contribution in [1.29, 1.82) is 0 Å². The predicted molar refractivity (Wildman–Crippen MR) is 128 cm³/mol. The number of carbonyl (C=O) groups is 4. The second-order valence-electron chi connectivity index (χ2n) is 9.74. The monoisotopic (exact) mass is 583 g/mol. The molecule has 5 unspecified atom stereocenters. The fourth-order valence-corrected chi connectivity index (χ4v) is 4.33. The summed E-state index contributed by atoms with van der Waals surface area (Å²) < 4.78 is 61.4. The fourth-order valence-electron chi connectivity index (χ4n) is 4.33. The van der Waals surface area contributed by atoms with Crippen molar-refractivity contribution in [2.24, 2.45) is 5.92 Å². The van der Waals surface area contributed by atoms with Crippen LogP contribution in [0.1, 0.15) is 42.2 Å². The lowest BCUT2D eigenvalue weighted by Crippen LogP contribution is -2.59. The molecule has 3 amide bonds. The van der Waals surface area contributed by atoms with Gasteiger partial charge in [0.05, 0.1) is 18.6 Å². The number of pyridine rings is 2. The van der Waals surface area contributed by atoms with Crippen LogP contribution in [0.4, 0.5) is 17.6 Å². The maximum absolute atomic E-state index is 14.4. The summed E-state index contributed by atoms with van der Waals surface area (Å²) in [5, 5.41) is 27.7. The van der Waals surface area contributed by atoms with Crippen LogP contribution >= 0.6 is 0 Å². The molecule has 1 aliphatic heterocycles. The number of rotatable bonds is 5. The Morgan fingerprint density at radius 2 is 1.83 bits per heavy atom. The van der Waals surface area contributed by atoms with Crippen LogP contribution in [0.25, 0.3) is 0 Å².